The van der Waals surface area contributed by atoms with Gasteiger partial charge in [0.15, 0.2) is 0 Å². The molecule has 5 aliphatic rings. The Morgan fingerprint density at radius 2 is 1.77 bits per heavy atom. The maximum absolute atomic E-state index is 12.7. The predicted octanol–water partition coefficient (Wildman–Crippen LogP) is 3.68. The van der Waals surface area contributed by atoms with Crippen molar-refractivity contribution in [1.29, 1.82) is 0 Å². The lowest BCUT2D eigenvalue weighted by molar-refractivity contribution is -0.123. The summed E-state index contributed by atoms with van der Waals surface area (Å²) in [4.78, 5) is 17.2. The van der Waals surface area contributed by atoms with Crippen LogP contribution >= 0.6 is 11.8 Å². The average Bonchev–Trinajstić information content (AvgIpc) is 3.27. The molecule has 1 aromatic rings. The number of carbonyl (C=O) groups excluding carboxylic acids is 1. The predicted molar refractivity (Wildman–Crippen MR) is 121 cm³/mol. The molecule has 6 nitrogen and oxygen atoms in total. The molecule has 1 aromatic heterocycles. The van der Waals surface area contributed by atoms with Gasteiger partial charge in [-0.25, -0.2) is 13.4 Å². The van der Waals surface area contributed by atoms with Crippen LogP contribution in [0.2, 0.25) is 0 Å². The third-order valence-electron chi connectivity index (χ3n) is 8.14. The molecule has 4 saturated carbocycles. The summed E-state index contributed by atoms with van der Waals surface area (Å²) in [6.07, 6.45) is 11.3. The Balaban J connectivity index is 1.15. The Morgan fingerprint density at radius 3 is 2.32 bits per heavy atom. The second-order valence-corrected chi connectivity index (χ2v) is 13.2. The summed E-state index contributed by atoms with van der Waals surface area (Å²) in [7, 11) is -3.44. The Morgan fingerprint density at radius 1 is 1.16 bits per heavy atom. The number of pyridine rings is 1. The van der Waals surface area contributed by atoms with E-state index in [9.17, 15) is 13.2 Å². The van der Waals surface area contributed by atoms with E-state index in [-0.39, 0.29) is 16.8 Å². The molecule has 0 radical (unpaired) electrons. The molecular formula is C23H33N3O3S2. The summed E-state index contributed by atoms with van der Waals surface area (Å²) < 4.78 is 26.7. The number of rotatable bonds is 7. The number of aromatic nitrogens is 1. The fourth-order valence-electron chi connectivity index (χ4n) is 6.97. The van der Waals surface area contributed by atoms with Crippen molar-refractivity contribution in [3.8, 4) is 0 Å². The van der Waals surface area contributed by atoms with Crippen LogP contribution in [0.4, 0.5) is 0 Å². The number of nitrogens with zero attached hydrogens (tertiary/aromatic N) is 2. The van der Waals surface area contributed by atoms with Crippen molar-refractivity contribution in [2.75, 3.05) is 18.8 Å². The Bertz CT molecular complexity index is 891. The summed E-state index contributed by atoms with van der Waals surface area (Å²) in [5, 5.41) is 3.97. The van der Waals surface area contributed by atoms with Crippen LogP contribution in [0.5, 0.6) is 0 Å². The monoisotopic (exact) mass is 463 g/mol. The van der Waals surface area contributed by atoms with Crippen molar-refractivity contribution < 1.29 is 13.2 Å². The maximum atomic E-state index is 12.7. The molecule has 4 aliphatic carbocycles. The molecule has 4 bridgehead atoms. The molecule has 0 aromatic carbocycles. The van der Waals surface area contributed by atoms with Gasteiger partial charge >= 0.3 is 0 Å². The topological polar surface area (TPSA) is 79.4 Å². The van der Waals surface area contributed by atoms with E-state index >= 15 is 0 Å². The smallest absolute Gasteiger partial charge is 0.244 e. The molecule has 0 unspecified atom stereocenters. The second kappa shape index (κ2) is 8.34. The van der Waals surface area contributed by atoms with Gasteiger partial charge in [0.2, 0.25) is 15.9 Å². The van der Waals surface area contributed by atoms with Gasteiger partial charge in [0.1, 0.15) is 4.90 Å². The van der Waals surface area contributed by atoms with Gasteiger partial charge < -0.3 is 5.32 Å². The first-order chi connectivity index (χ1) is 14.8. The summed E-state index contributed by atoms with van der Waals surface area (Å²) >= 11 is 1.37. The molecule has 8 heteroatoms. The van der Waals surface area contributed by atoms with Crippen LogP contribution in [-0.2, 0) is 14.8 Å². The number of carbonyl (C=O) groups is 1. The van der Waals surface area contributed by atoms with Gasteiger partial charge in [-0.2, -0.15) is 4.31 Å². The van der Waals surface area contributed by atoms with E-state index in [2.05, 4.69) is 17.2 Å². The molecule has 6 rings (SSSR count). The van der Waals surface area contributed by atoms with E-state index in [1.54, 1.807) is 12.1 Å². The first-order valence-corrected chi connectivity index (χ1v) is 14.1. The van der Waals surface area contributed by atoms with Crippen molar-refractivity contribution in [2.24, 2.45) is 23.2 Å². The Hall–Kier alpha value is -1.12. The highest BCUT2D eigenvalue weighted by Gasteiger charge is 2.53. The standard InChI is InChI=1S/C23H33N3O3S2/c1-16(23-11-17-8-18(12-23)10-19(9-17)13-23)25-21(27)15-30-22-5-4-20(14-24-22)31(28,29)26-6-2-3-7-26/h4-5,14,16-19H,2-3,6-13,15H2,1H3,(H,25,27)/t16-,17?,18?,19?,23?/m0/s1. The van der Waals surface area contributed by atoms with Gasteiger partial charge in [-0.3, -0.25) is 4.79 Å². The molecular weight excluding hydrogens is 430 g/mol. The first-order valence-electron chi connectivity index (χ1n) is 11.7. The molecule has 1 saturated heterocycles. The Labute approximate surface area is 190 Å². The zero-order chi connectivity index (χ0) is 21.6. The molecule has 1 atom stereocenters. The summed E-state index contributed by atoms with van der Waals surface area (Å²) in [6.45, 7) is 3.37. The number of sulfonamides is 1. The SMILES string of the molecule is C[C@H](NC(=O)CSc1ccc(S(=O)(=O)N2CCCC2)cn1)C12CC3CC(CC(C3)C1)C2. The van der Waals surface area contributed by atoms with Gasteiger partial charge in [-0.1, -0.05) is 11.8 Å². The van der Waals surface area contributed by atoms with Crippen molar-refractivity contribution in [3.05, 3.63) is 18.3 Å². The maximum Gasteiger partial charge on any atom is 0.244 e. The fraction of sp³-hybridized carbons (Fsp3) is 0.739. The number of hydrogen-bond donors (Lipinski definition) is 1. The summed E-state index contributed by atoms with van der Waals surface area (Å²) in [5.41, 5.74) is 0.304. The number of thioether (sulfide) groups is 1. The zero-order valence-electron chi connectivity index (χ0n) is 18.3. The third kappa shape index (κ3) is 4.27. The van der Waals surface area contributed by atoms with Crippen LogP contribution in [-0.4, -0.2) is 48.5 Å². The van der Waals surface area contributed by atoms with Crippen LogP contribution in [0, 0.1) is 23.2 Å². The highest BCUT2D eigenvalue weighted by atomic mass is 32.2. The molecule has 2 heterocycles. The van der Waals surface area contributed by atoms with E-state index in [1.165, 1.54) is 60.8 Å². The van der Waals surface area contributed by atoms with Gasteiger partial charge in [-0.15, -0.1) is 0 Å². The number of amides is 1. The molecule has 170 valence electrons. The zero-order valence-corrected chi connectivity index (χ0v) is 19.9. The molecule has 5 fully saturated rings. The van der Waals surface area contributed by atoms with Crippen LogP contribution in [0.15, 0.2) is 28.3 Å². The summed E-state index contributed by atoms with van der Waals surface area (Å²) in [5.74, 6) is 2.98. The van der Waals surface area contributed by atoms with Gasteiger partial charge in [-0.05, 0) is 93.6 Å². The van der Waals surface area contributed by atoms with Gasteiger partial charge in [0.25, 0.3) is 0 Å². The minimum atomic E-state index is -3.44. The van der Waals surface area contributed by atoms with Gasteiger partial charge in [0.05, 0.1) is 10.8 Å². The highest BCUT2D eigenvalue weighted by molar-refractivity contribution is 7.99. The second-order valence-electron chi connectivity index (χ2n) is 10.3. The average molecular weight is 464 g/mol. The van der Waals surface area contributed by atoms with Gasteiger partial charge in [0, 0.05) is 25.3 Å². The fourth-order valence-corrected chi connectivity index (χ4v) is 9.08. The lowest BCUT2D eigenvalue weighted by atomic mass is 9.48. The van der Waals surface area contributed by atoms with Crippen molar-refractivity contribution in [1.82, 2.24) is 14.6 Å². The van der Waals surface area contributed by atoms with Crippen molar-refractivity contribution in [2.45, 2.75) is 74.3 Å². The van der Waals surface area contributed by atoms with Crippen molar-refractivity contribution in [3.63, 3.8) is 0 Å². The van der Waals surface area contributed by atoms with Crippen LogP contribution in [0.3, 0.4) is 0 Å². The lowest BCUT2D eigenvalue weighted by Gasteiger charge is -2.59. The van der Waals surface area contributed by atoms with E-state index in [1.807, 2.05) is 0 Å². The molecule has 31 heavy (non-hydrogen) atoms. The lowest BCUT2D eigenvalue weighted by Crippen LogP contribution is -2.56. The van der Waals surface area contributed by atoms with E-state index < -0.39 is 10.0 Å². The van der Waals surface area contributed by atoms with Crippen LogP contribution in [0.25, 0.3) is 0 Å². The first kappa shape index (κ1) is 21.7. The van der Waals surface area contributed by atoms with E-state index in [0.29, 0.717) is 29.3 Å². The van der Waals surface area contributed by atoms with E-state index in [4.69, 9.17) is 0 Å². The molecule has 1 N–H and O–H groups in total. The molecule has 1 amide bonds. The largest absolute Gasteiger partial charge is 0.352 e. The normalized spacial score (nSPS) is 33.5. The third-order valence-corrected chi connectivity index (χ3v) is 11.0. The quantitative estimate of drug-likeness (QED) is 0.624. The molecule has 1 aliphatic heterocycles. The van der Waals surface area contributed by atoms with Crippen LogP contribution < -0.4 is 5.32 Å². The summed E-state index contributed by atoms with van der Waals surface area (Å²) in [6, 6.07) is 3.54. The minimum absolute atomic E-state index is 0.0452. The Kier molecular flexibility index (Phi) is 5.84. The van der Waals surface area contributed by atoms with Crippen LogP contribution in [0.1, 0.15) is 58.3 Å². The van der Waals surface area contributed by atoms with E-state index in [0.717, 1.165) is 30.6 Å². The number of nitrogens with one attached hydrogen (secondary N) is 1. The number of hydrogen-bond acceptors (Lipinski definition) is 5. The molecule has 0 spiro atoms. The van der Waals surface area contributed by atoms with Crippen molar-refractivity contribution >= 4 is 27.7 Å². The highest BCUT2D eigenvalue weighted by Crippen LogP contribution is 2.61. The minimum Gasteiger partial charge on any atom is -0.352 e.